The second kappa shape index (κ2) is 5.40. The molecule has 2 aromatic rings. The topological polar surface area (TPSA) is 41.1 Å². The van der Waals surface area contributed by atoms with Crippen LogP contribution in [0.4, 0.5) is 0 Å². The number of amides is 1. The van der Waals surface area contributed by atoms with Crippen LogP contribution in [-0.4, -0.2) is 19.0 Å². The van der Waals surface area contributed by atoms with E-state index in [0.29, 0.717) is 12.0 Å². The smallest absolute Gasteiger partial charge is 0.223 e. The van der Waals surface area contributed by atoms with Crippen molar-refractivity contribution in [3.63, 3.8) is 0 Å². The van der Waals surface area contributed by atoms with Crippen molar-refractivity contribution in [3.8, 4) is 0 Å². The molecule has 114 valence electrons. The summed E-state index contributed by atoms with van der Waals surface area (Å²) in [6, 6.07) is 14.7. The molecule has 0 aromatic heterocycles. The lowest BCUT2D eigenvalue weighted by molar-refractivity contribution is -0.123. The molecule has 2 aliphatic rings. The molecular weight excluding hydrogens is 272 g/mol. The van der Waals surface area contributed by atoms with Crippen molar-refractivity contribution < 1.29 is 4.79 Å². The molecule has 22 heavy (non-hydrogen) atoms. The Morgan fingerprint density at radius 1 is 1.14 bits per heavy atom. The van der Waals surface area contributed by atoms with Gasteiger partial charge in [0.25, 0.3) is 0 Å². The van der Waals surface area contributed by atoms with Crippen LogP contribution < -0.4 is 10.6 Å². The number of benzene rings is 2. The fourth-order valence-electron chi connectivity index (χ4n) is 3.86. The summed E-state index contributed by atoms with van der Waals surface area (Å²) in [5.74, 6) is 0.491. The summed E-state index contributed by atoms with van der Waals surface area (Å²) in [6.07, 6.45) is 3.39. The quantitative estimate of drug-likeness (QED) is 0.914. The minimum Gasteiger partial charge on any atom is -0.352 e. The summed E-state index contributed by atoms with van der Waals surface area (Å²) >= 11 is 0. The minimum atomic E-state index is 0.245. The molecular formula is C19H22N2O. The second-order valence-corrected chi connectivity index (χ2v) is 6.77. The second-order valence-electron chi connectivity index (χ2n) is 6.77. The predicted molar refractivity (Wildman–Crippen MR) is 88.4 cm³/mol. The van der Waals surface area contributed by atoms with E-state index in [1.165, 1.54) is 16.3 Å². The highest BCUT2D eigenvalue weighted by atomic mass is 16.2. The number of hydrogen-bond donors (Lipinski definition) is 2. The number of piperidine rings is 1. The van der Waals surface area contributed by atoms with E-state index in [1.54, 1.807) is 0 Å². The third kappa shape index (κ3) is 2.50. The molecule has 1 spiro atoms. The number of carbonyl (C=O) groups is 1. The van der Waals surface area contributed by atoms with E-state index in [-0.39, 0.29) is 11.8 Å². The fraction of sp³-hybridized carbons (Fsp3) is 0.421. The standard InChI is InChI=1S/C19H22N2O/c22-18(17-12-19(17)7-9-20-10-8-19)21-13-14-5-6-15-3-1-2-4-16(15)11-14/h1-6,11,17,20H,7-10,12-13H2,(H,21,22). The molecule has 1 heterocycles. The highest BCUT2D eigenvalue weighted by Crippen LogP contribution is 2.58. The van der Waals surface area contributed by atoms with E-state index in [2.05, 4.69) is 53.1 Å². The van der Waals surface area contributed by atoms with E-state index in [9.17, 15) is 4.79 Å². The van der Waals surface area contributed by atoms with Gasteiger partial charge in [-0.15, -0.1) is 0 Å². The van der Waals surface area contributed by atoms with Crippen molar-refractivity contribution in [1.29, 1.82) is 0 Å². The van der Waals surface area contributed by atoms with Gasteiger partial charge in [0.1, 0.15) is 0 Å². The van der Waals surface area contributed by atoms with Gasteiger partial charge in [-0.25, -0.2) is 0 Å². The van der Waals surface area contributed by atoms with Gasteiger partial charge in [-0.3, -0.25) is 4.79 Å². The molecule has 1 aliphatic carbocycles. The van der Waals surface area contributed by atoms with Crippen LogP contribution >= 0.6 is 0 Å². The predicted octanol–water partition coefficient (Wildman–Crippen LogP) is 2.85. The average Bonchev–Trinajstić information content (AvgIpc) is 3.26. The number of carbonyl (C=O) groups excluding carboxylic acids is 1. The molecule has 1 atom stereocenters. The first-order valence-corrected chi connectivity index (χ1v) is 8.23. The van der Waals surface area contributed by atoms with Gasteiger partial charge in [-0.1, -0.05) is 36.4 Å². The monoisotopic (exact) mass is 294 g/mol. The lowest BCUT2D eigenvalue weighted by atomic mass is 9.92. The summed E-state index contributed by atoms with van der Waals surface area (Å²) in [5.41, 5.74) is 1.49. The Kier molecular flexibility index (Phi) is 3.38. The fourth-order valence-corrected chi connectivity index (χ4v) is 3.86. The number of rotatable bonds is 3. The molecule has 2 N–H and O–H groups in total. The summed E-state index contributed by atoms with van der Waals surface area (Å²) < 4.78 is 0. The van der Waals surface area contributed by atoms with E-state index >= 15 is 0 Å². The number of nitrogens with one attached hydrogen (secondary N) is 2. The van der Waals surface area contributed by atoms with Crippen LogP contribution in [0.2, 0.25) is 0 Å². The molecule has 1 saturated carbocycles. The SMILES string of the molecule is O=C(NCc1ccc2ccccc2c1)C1CC12CCNCC2. The normalized spacial score (nSPS) is 22.6. The molecule has 1 saturated heterocycles. The van der Waals surface area contributed by atoms with Crippen LogP contribution in [0.1, 0.15) is 24.8 Å². The van der Waals surface area contributed by atoms with Gasteiger partial charge in [0.2, 0.25) is 5.91 Å². The van der Waals surface area contributed by atoms with Gasteiger partial charge in [0.05, 0.1) is 0 Å². The molecule has 1 amide bonds. The van der Waals surface area contributed by atoms with Crippen molar-refractivity contribution in [1.82, 2.24) is 10.6 Å². The van der Waals surface area contributed by atoms with Crippen molar-refractivity contribution in [2.45, 2.75) is 25.8 Å². The summed E-state index contributed by atoms with van der Waals surface area (Å²) in [6.45, 7) is 2.76. The van der Waals surface area contributed by atoms with Crippen LogP contribution in [0.25, 0.3) is 10.8 Å². The Labute approximate surface area is 131 Å². The van der Waals surface area contributed by atoms with Crippen LogP contribution in [0.15, 0.2) is 42.5 Å². The first-order valence-electron chi connectivity index (χ1n) is 8.23. The van der Waals surface area contributed by atoms with Gasteiger partial charge in [0.15, 0.2) is 0 Å². The van der Waals surface area contributed by atoms with Crippen LogP contribution in [0, 0.1) is 11.3 Å². The van der Waals surface area contributed by atoms with Crippen LogP contribution in [-0.2, 0) is 11.3 Å². The van der Waals surface area contributed by atoms with Gasteiger partial charge in [-0.05, 0) is 60.2 Å². The minimum absolute atomic E-state index is 0.245. The van der Waals surface area contributed by atoms with E-state index in [0.717, 1.165) is 32.4 Å². The van der Waals surface area contributed by atoms with E-state index in [4.69, 9.17) is 0 Å². The summed E-state index contributed by atoms with van der Waals surface area (Å²) in [7, 11) is 0. The van der Waals surface area contributed by atoms with Crippen molar-refractivity contribution in [2.75, 3.05) is 13.1 Å². The largest absolute Gasteiger partial charge is 0.352 e. The zero-order chi connectivity index (χ0) is 15.0. The Morgan fingerprint density at radius 3 is 2.73 bits per heavy atom. The van der Waals surface area contributed by atoms with Crippen molar-refractivity contribution >= 4 is 16.7 Å². The first-order chi connectivity index (χ1) is 10.8. The molecule has 3 heteroatoms. The lowest BCUT2D eigenvalue weighted by Gasteiger charge is -2.23. The van der Waals surface area contributed by atoms with Gasteiger partial charge in [0, 0.05) is 12.5 Å². The molecule has 0 radical (unpaired) electrons. The van der Waals surface area contributed by atoms with E-state index < -0.39 is 0 Å². The zero-order valence-corrected chi connectivity index (χ0v) is 12.8. The van der Waals surface area contributed by atoms with Crippen molar-refractivity contribution in [3.05, 3.63) is 48.0 Å². The maximum absolute atomic E-state index is 12.4. The third-order valence-electron chi connectivity index (χ3n) is 5.39. The Balaban J connectivity index is 1.38. The molecule has 0 bridgehead atoms. The highest BCUT2D eigenvalue weighted by Gasteiger charge is 2.57. The Hall–Kier alpha value is -1.87. The summed E-state index contributed by atoms with van der Waals surface area (Å²) in [5, 5.41) is 9.00. The molecule has 2 fully saturated rings. The molecule has 3 nitrogen and oxygen atoms in total. The van der Waals surface area contributed by atoms with E-state index in [1.807, 2.05) is 0 Å². The Bertz CT molecular complexity index is 703. The Morgan fingerprint density at radius 2 is 1.91 bits per heavy atom. The number of fused-ring (bicyclic) bond motifs is 1. The van der Waals surface area contributed by atoms with Crippen LogP contribution in [0.5, 0.6) is 0 Å². The number of hydrogen-bond acceptors (Lipinski definition) is 2. The third-order valence-corrected chi connectivity index (χ3v) is 5.39. The van der Waals surface area contributed by atoms with Crippen LogP contribution in [0.3, 0.4) is 0 Å². The maximum Gasteiger partial charge on any atom is 0.223 e. The zero-order valence-electron chi connectivity index (χ0n) is 12.8. The molecule has 1 aliphatic heterocycles. The van der Waals surface area contributed by atoms with Crippen molar-refractivity contribution in [2.24, 2.45) is 11.3 Å². The first kappa shape index (κ1) is 13.8. The van der Waals surface area contributed by atoms with Gasteiger partial charge in [-0.2, -0.15) is 0 Å². The maximum atomic E-state index is 12.4. The lowest BCUT2D eigenvalue weighted by Crippen LogP contribution is -2.33. The molecule has 1 unspecified atom stereocenters. The van der Waals surface area contributed by atoms with Gasteiger partial charge >= 0.3 is 0 Å². The molecule has 2 aromatic carbocycles. The highest BCUT2D eigenvalue weighted by molar-refractivity contribution is 5.84. The average molecular weight is 294 g/mol. The van der Waals surface area contributed by atoms with Gasteiger partial charge < -0.3 is 10.6 Å². The molecule has 4 rings (SSSR count). The summed E-state index contributed by atoms with van der Waals surface area (Å²) in [4.78, 5) is 12.4.